The molecule has 1 aliphatic carbocycles. The second kappa shape index (κ2) is 9.30. The summed E-state index contributed by atoms with van der Waals surface area (Å²) < 4.78 is 0. The van der Waals surface area contributed by atoms with Gasteiger partial charge in [-0.05, 0) is 84.2 Å². The van der Waals surface area contributed by atoms with Crippen molar-refractivity contribution in [1.82, 2.24) is 5.32 Å². The molecule has 0 heterocycles. The van der Waals surface area contributed by atoms with Crippen molar-refractivity contribution >= 4 is 10.8 Å². The van der Waals surface area contributed by atoms with Gasteiger partial charge in [-0.1, -0.05) is 91.0 Å². The zero-order chi connectivity index (χ0) is 21.9. The van der Waals surface area contributed by atoms with Crippen molar-refractivity contribution in [2.24, 2.45) is 5.92 Å². The molecule has 0 amide bonds. The molecule has 0 aromatic heterocycles. The number of fused-ring (bicyclic) bond motifs is 2. The highest BCUT2D eigenvalue weighted by atomic mass is 14.9. The maximum absolute atomic E-state index is 3.83. The first-order chi connectivity index (χ1) is 15.7. The molecule has 0 saturated heterocycles. The third-order valence-corrected chi connectivity index (χ3v) is 7.36. The molecule has 0 fully saturated rings. The molecule has 1 aliphatic rings. The van der Waals surface area contributed by atoms with Crippen LogP contribution in [-0.4, -0.2) is 6.54 Å². The van der Waals surface area contributed by atoms with E-state index in [0.29, 0.717) is 17.9 Å². The number of hydrogen-bond acceptors (Lipinski definition) is 1. The van der Waals surface area contributed by atoms with Crippen molar-refractivity contribution in [3.8, 4) is 0 Å². The average Bonchev–Trinajstić information content (AvgIpc) is 2.83. The molecule has 4 aromatic carbocycles. The van der Waals surface area contributed by atoms with Gasteiger partial charge in [-0.25, -0.2) is 0 Å². The third-order valence-electron chi connectivity index (χ3n) is 7.36. The van der Waals surface area contributed by atoms with Crippen LogP contribution in [-0.2, 0) is 6.42 Å². The fourth-order valence-corrected chi connectivity index (χ4v) is 5.65. The molecule has 4 aromatic rings. The van der Waals surface area contributed by atoms with Gasteiger partial charge in [0.25, 0.3) is 0 Å². The maximum Gasteiger partial charge on any atom is 0.0297 e. The summed E-state index contributed by atoms with van der Waals surface area (Å²) in [5, 5.41) is 6.51. The lowest BCUT2D eigenvalue weighted by Crippen LogP contribution is -2.26. The molecule has 0 aliphatic heterocycles. The molecule has 32 heavy (non-hydrogen) atoms. The highest BCUT2D eigenvalue weighted by Crippen LogP contribution is 2.41. The minimum atomic E-state index is 0.351. The van der Waals surface area contributed by atoms with Gasteiger partial charge in [0, 0.05) is 12.0 Å². The van der Waals surface area contributed by atoms with E-state index in [9.17, 15) is 0 Å². The Morgan fingerprint density at radius 3 is 2.41 bits per heavy atom. The van der Waals surface area contributed by atoms with Crippen LogP contribution in [0.15, 0.2) is 91.0 Å². The van der Waals surface area contributed by atoms with Crippen LogP contribution in [0.25, 0.3) is 10.8 Å². The summed E-state index contributed by atoms with van der Waals surface area (Å²) in [6, 6.07) is 33.8. The van der Waals surface area contributed by atoms with Gasteiger partial charge in [0.1, 0.15) is 0 Å². The Bertz CT molecular complexity index is 1200. The molecule has 2 unspecified atom stereocenters. The molecular formula is C31H33N. The topological polar surface area (TPSA) is 12.0 Å². The van der Waals surface area contributed by atoms with Gasteiger partial charge in [0.2, 0.25) is 0 Å². The van der Waals surface area contributed by atoms with Crippen molar-refractivity contribution in [2.45, 2.75) is 45.1 Å². The van der Waals surface area contributed by atoms with E-state index in [1.165, 1.54) is 52.3 Å². The standard InChI is InChI=1S/C31H33N/c1-22-10-3-6-14-27(22)31-21-24(20-26-12-5-8-16-30(26)31)18-19-32-23(2)28-17-9-13-25-11-4-7-15-29(25)28/h3-17,23-24,31-32H,18-21H2,1-2H3/t23-,24?,31?/m1/s1. The first-order valence-corrected chi connectivity index (χ1v) is 12.0. The minimum Gasteiger partial charge on any atom is -0.310 e. The van der Waals surface area contributed by atoms with E-state index in [1.807, 2.05) is 0 Å². The van der Waals surface area contributed by atoms with Crippen molar-refractivity contribution in [3.05, 3.63) is 119 Å². The Hall–Kier alpha value is -2.90. The number of hydrogen-bond donors (Lipinski definition) is 1. The summed E-state index contributed by atoms with van der Waals surface area (Å²) >= 11 is 0. The van der Waals surface area contributed by atoms with Crippen molar-refractivity contribution in [2.75, 3.05) is 6.54 Å². The predicted octanol–water partition coefficient (Wildman–Crippen LogP) is 7.58. The second-order valence-corrected chi connectivity index (χ2v) is 9.45. The Balaban J connectivity index is 1.29. The summed E-state index contributed by atoms with van der Waals surface area (Å²) in [5.74, 6) is 1.23. The zero-order valence-electron chi connectivity index (χ0n) is 19.2. The van der Waals surface area contributed by atoms with Crippen LogP contribution in [0.3, 0.4) is 0 Å². The average molecular weight is 420 g/mol. The molecule has 1 nitrogen and oxygen atoms in total. The predicted molar refractivity (Wildman–Crippen MR) is 136 cm³/mol. The lowest BCUT2D eigenvalue weighted by Gasteiger charge is -2.33. The number of aryl methyl sites for hydroxylation is 1. The monoisotopic (exact) mass is 419 g/mol. The van der Waals surface area contributed by atoms with E-state index in [0.717, 1.165) is 6.54 Å². The molecule has 162 valence electrons. The maximum atomic E-state index is 3.83. The summed E-state index contributed by atoms with van der Waals surface area (Å²) in [6.07, 6.45) is 3.65. The molecular weight excluding hydrogens is 386 g/mol. The smallest absolute Gasteiger partial charge is 0.0297 e. The van der Waals surface area contributed by atoms with E-state index >= 15 is 0 Å². The Kier molecular flexibility index (Phi) is 6.10. The summed E-state index contributed by atoms with van der Waals surface area (Å²) in [6.45, 7) is 5.61. The van der Waals surface area contributed by atoms with E-state index in [2.05, 4.69) is 110 Å². The largest absolute Gasteiger partial charge is 0.310 e. The molecule has 1 N–H and O–H groups in total. The highest BCUT2D eigenvalue weighted by molar-refractivity contribution is 5.86. The third kappa shape index (κ3) is 4.23. The molecule has 0 spiro atoms. The molecule has 1 heteroatoms. The highest BCUT2D eigenvalue weighted by Gasteiger charge is 2.28. The zero-order valence-corrected chi connectivity index (χ0v) is 19.2. The van der Waals surface area contributed by atoms with Crippen molar-refractivity contribution in [1.29, 1.82) is 0 Å². The number of nitrogens with one attached hydrogen (secondary N) is 1. The molecule has 3 atom stereocenters. The van der Waals surface area contributed by atoms with Crippen LogP contribution in [0.5, 0.6) is 0 Å². The van der Waals surface area contributed by atoms with Gasteiger partial charge in [0.05, 0.1) is 0 Å². The molecule has 5 rings (SSSR count). The van der Waals surface area contributed by atoms with Gasteiger partial charge in [0.15, 0.2) is 0 Å². The summed E-state index contributed by atoms with van der Waals surface area (Å²) in [4.78, 5) is 0. The Morgan fingerprint density at radius 1 is 0.812 bits per heavy atom. The van der Waals surface area contributed by atoms with E-state index < -0.39 is 0 Å². The summed E-state index contributed by atoms with van der Waals surface area (Å²) in [5.41, 5.74) is 7.39. The number of benzene rings is 4. The van der Waals surface area contributed by atoms with E-state index in [-0.39, 0.29) is 0 Å². The van der Waals surface area contributed by atoms with Gasteiger partial charge >= 0.3 is 0 Å². The van der Waals surface area contributed by atoms with E-state index in [1.54, 1.807) is 5.56 Å². The molecule has 0 saturated carbocycles. The van der Waals surface area contributed by atoms with Gasteiger partial charge in [-0.2, -0.15) is 0 Å². The quantitative estimate of drug-likeness (QED) is 0.339. The lowest BCUT2D eigenvalue weighted by atomic mass is 9.72. The fourth-order valence-electron chi connectivity index (χ4n) is 5.65. The van der Waals surface area contributed by atoms with Crippen LogP contribution in [0.4, 0.5) is 0 Å². The van der Waals surface area contributed by atoms with Gasteiger partial charge in [-0.3, -0.25) is 0 Å². The second-order valence-electron chi connectivity index (χ2n) is 9.45. The van der Waals surface area contributed by atoms with Crippen LogP contribution in [0.2, 0.25) is 0 Å². The molecule has 0 radical (unpaired) electrons. The van der Waals surface area contributed by atoms with Crippen molar-refractivity contribution in [3.63, 3.8) is 0 Å². The van der Waals surface area contributed by atoms with Crippen LogP contribution in [0, 0.1) is 12.8 Å². The van der Waals surface area contributed by atoms with Crippen LogP contribution < -0.4 is 5.32 Å². The normalized spacial score (nSPS) is 18.9. The van der Waals surface area contributed by atoms with Gasteiger partial charge < -0.3 is 5.32 Å². The Morgan fingerprint density at radius 2 is 1.53 bits per heavy atom. The van der Waals surface area contributed by atoms with Gasteiger partial charge in [-0.15, -0.1) is 0 Å². The first-order valence-electron chi connectivity index (χ1n) is 12.0. The fraction of sp³-hybridized carbons (Fsp3) is 0.290. The Labute approximate surface area is 192 Å². The summed E-state index contributed by atoms with van der Waals surface area (Å²) in [7, 11) is 0. The molecule has 0 bridgehead atoms. The van der Waals surface area contributed by atoms with Crippen molar-refractivity contribution < 1.29 is 0 Å². The van der Waals surface area contributed by atoms with Crippen LogP contribution in [0.1, 0.15) is 59.5 Å². The number of rotatable bonds is 6. The lowest BCUT2D eigenvalue weighted by molar-refractivity contribution is 0.383. The SMILES string of the molecule is Cc1ccccc1C1CC(CCN[C@H](C)c2cccc3ccccc23)Cc2ccccc21. The van der Waals surface area contributed by atoms with E-state index in [4.69, 9.17) is 0 Å². The minimum absolute atomic E-state index is 0.351. The van der Waals surface area contributed by atoms with Crippen LogP contribution >= 0.6 is 0 Å². The first kappa shape index (κ1) is 21.0.